The number of aliphatic hydroxyl groups excluding tert-OH is 3. The van der Waals surface area contributed by atoms with Gasteiger partial charge < -0.3 is 68.9 Å². The molecule has 22 heteroatoms. The van der Waals surface area contributed by atoms with Gasteiger partial charge in [0, 0.05) is 12.8 Å². The van der Waals surface area contributed by atoms with Crippen LogP contribution in [0.2, 0.25) is 0 Å². The number of primary amides is 1. The van der Waals surface area contributed by atoms with E-state index in [0.717, 1.165) is 13.8 Å². The molecule has 0 aliphatic heterocycles. The zero-order valence-electron chi connectivity index (χ0n) is 32.0. The van der Waals surface area contributed by atoms with Gasteiger partial charge in [0.15, 0.2) is 6.04 Å². The van der Waals surface area contributed by atoms with Crippen molar-refractivity contribution >= 4 is 53.3 Å². The van der Waals surface area contributed by atoms with Gasteiger partial charge in [0.2, 0.25) is 41.4 Å². The Hall–Kier alpha value is -5.71. The molecule has 0 fully saturated rings. The molecule has 22 nitrogen and oxygen atoms in total. The molecule has 0 aliphatic rings. The minimum atomic E-state index is -1.86. The van der Waals surface area contributed by atoms with Crippen LogP contribution in [0.1, 0.15) is 58.9 Å². The van der Waals surface area contributed by atoms with Crippen molar-refractivity contribution in [3.63, 3.8) is 0 Å². The van der Waals surface area contributed by atoms with E-state index in [4.69, 9.17) is 11.5 Å². The minimum Gasteiger partial charge on any atom is -0.481 e. The SMILES string of the molecule is CC[C@H](C)[C@H](NC(=O)[C@H](Cc1ccccc1)NC(=O)[C@H](CCC(N)=O)NC(=O)[C@@H](NC(=O)[C@@H](N)CO)[C@@H](C)O)C(=O)N[C@@H](CC(=O)O)C(=O)N[C@H](C(=O)O)[C@@H](C)O. The van der Waals surface area contributed by atoms with Gasteiger partial charge in [-0.15, -0.1) is 0 Å². The lowest BCUT2D eigenvalue weighted by Gasteiger charge is -2.29. The molecule has 1 aromatic rings. The lowest BCUT2D eigenvalue weighted by Crippen LogP contribution is -2.62. The smallest absolute Gasteiger partial charge is 0.328 e. The molecule has 1 rings (SSSR count). The van der Waals surface area contributed by atoms with Crippen LogP contribution in [0, 0.1) is 5.92 Å². The quantitative estimate of drug-likeness (QED) is 0.0440. The summed E-state index contributed by atoms with van der Waals surface area (Å²) in [4.78, 5) is 115. The second-order valence-corrected chi connectivity index (χ2v) is 13.4. The number of carboxylic acid groups (broad SMARTS) is 2. The molecule has 0 spiro atoms. The summed E-state index contributed by atoms with van der Waals surface area (Å²) in [5, 5.41) is 61.6. The van der Waals surface area contributed by atoms with E-state index in [2.05, 4.69) is 26.6 Å². The summed E-state index contributed by atoms with van der Waals surface area (Å²) in [7, 11) is 0. The fourth-order valence-corrected chi connectivity index (χ4v) is 5.14. The summed E-state index contributed by atoms with van der Waals surface area (Å²) in [6.07, 6.45) is -4.96. The number of nitrogens with one attached hydrogen (secondary N) is 6. The van der Waals surface area contributed by atoms with Crippen molar-refractivity contribution in [2.45, 2.75) is 114 Å². The first-order chi connectivity index (χ1) is 26.6. The maximum atomic E-state index is 14.0. The lowest BCUT2D eigenvalue weighted by molar-refractivity contribution is -0.146. The molecule has 0 bridgehead atoms. The van der Waals surface area contributed by atoms with Crippen LogP contribution in [0.15, 0.2) is 30.3 Å². The Labute approximate surface area is 327 Å². The average Bonchev–Trinajstić information content (AvgIpc) is 3.14. The molecular weight excluding hydrogens is 756 g/mol. The van der Waals surface area contributed by atoms with Crippen molar-refractivity contribution < 1.29 is 68.7 Å². The highest BCUT2D eigenvalue weighted by Crippen LogP contribution is 2.12. The number of aliphatic hydroxyl groups is 3. The number of rotatable bonds is 25. The monoisotopic (exact) mass is 810 g/mol. The van der Waals surface area contributed by atoms with Crippen molar-refractivity contribution in [2.24, 2.45) is 17.4 Å². The van der Waals surface area contributed by atoms with Crippen molar-refractivity contribution in [1.29, 1.82) is 0 Å². The zero-order chi connectivity index (χ0) is 43.6. The Kier molecular flexibility index (Phi) is 20.8. The Morgan fingerprint density at radius 1 is 0.649 bits per heavy atom. The highest BCUT2D eigenvalue weighted by Gasteiger charge is 2.37. The third-order valence-corrected chi connectivity index (χ3v) is 8.68. The maximum absolute atomic E-state index is 14.0. The summed E-state index contributed by atoms with van der Waals surface area (Å²) in [6, 6.07) is -3.20. The Morgan fingerprint density at radius 2 is 1.12 bits per heavy atom. The Balaban J connectivity index is 3.50. The van der Waals surface area contributed by atoms with Crippen LogP contribution < -0.4 is 43.4 Å². The zero-order valence-corrected chi connectivity index (χ0v) is 32.0. The predicted octanol–water partition coefficient (Wildman–Crippen LogP) is -4.91. The van der Waals surface area contributed by atoms with Gasteiger partial charge in [-0.1, -0.05) is 50.6 Å². The molecule has 1 aromatic carbocycles. The molecule has 0 heterocycles. The van der Waals surface area contributed by atoms with E-state index in [0.29, 0.717) is 5.56 Å². The summed E-state index contributed by atoms with van der Waals surface area (Å²) >= 11 is 0. The average molecular weight is 811 g/mol. The number of carboxylic acids is 2. The molecular formula is C35H54N8O14. The molecule has 0 saturated heterocycles. The van der Waals surface area contributed by atoms with Crippen LogP contribution in [-0.2, 0) is 49.6 Å². The van der Waals surface area contributed by atoms with Gasteiger partial charge in [-0.2, -0.15) is 0 Å². The van der Waals surface area contributed by atoms with Crippen LogP contribution in [0.5, 0.6) is 0 Å². The fourth-order valence-electron chi connectivity index (χ4n) is 5.14. The van der Waals surface area contributed by atoms with Crippen LogP contribution in [0.4, 0.5) is 0 Å². The molecule has 318 valence electrons. The number of benzene rings is 1. The second-order valence-electron chi connectivity index (χ2n) is 13.4. The molecule has 0 aromatic heterocycles. The van der Waals surface area contributed by atoms with Crippen molar-refractivity contribution in [3.8, 4) is 0 Å². The standard InChI is InChI=1S/C35H54N8O14/c1-5-16(2)26(33(54)40-23(14-25(48)49)32(53)43-28(18(4)46)35(56)57)41-31(52)22(13-19-9-7-6-8-10-19)39-30(51)21(11-12-24(37)47)38-34(55)27(17(3)45)42-29(50)20(36)15-44/h6-10,16-18,20-23,26-28,44-46H,5,11-15,36H2,1-4H3,(H2,37,47)(H,38,55)(H,39,51)(H,40,54)(H,41,52)(H,42,50)(H,43,53)(H,48,49)(H,56,57)/t16-,17+,18+,20-,21-,22-,23-,26-,27-,28-/m0/s1. The maximum Gasteiger partial charge on any atom is 0.328 e. The third kappa shape index (κ3) is 16.9. The van der Waals surface area contributed by atoms with Crippen molar-refractivity contribution in [3.05, 3.63) is 35.9 Å². The predicted molar refractivity (Wildman–Crippen MR) is 198 cm³/mol. The summed E-state index contributed by atoms with van der Waals surface area (Å²) in [5.41, 5.74) is 11.3. The van der Waals surface area contributed by atoms with E-state index in [1.807, 2.05) is 5.32 Å². The first-order valence-corrected chi connectivity index (χ1v) is 17.9. The first-order valence-electron chi connectivity index (χ1n) is 17.9. The van der Waals surface area contributed by atoms with Crippen LogP contribution in [-0.4, -0.2) is 140 Å². The summed E-state index contributed by atoms with van der Waals surface area (Å²) in [6.45, 7) is 4.64. The molecule has 0 unspecified atom stereocenters. The molecule has 15 N–H and O–H groups in total. The van der Waals surface area contributed by atoms with Gasteiger partial charge >= 0.3 is 11.9 Å². The molecule has 10 atom stereocenters. The van der Waals surface area contributed by atoms with Gasteiger partial charge in [-0.25, -0.2) is 4.79 Å². The summed E-state index contributed by atoms with van der Waals surface area (Å²) < 4.78 is 0. The largest absolute Gasteiger partial charge is 0.481 e. The molecule has 57 heavy (non-hydrogen) atoms. The Bertz CT molecular complexity index is 1580. The molecule has 0 radical (unpaired) electrons. The number of carbonyl (C=O) groups is 9. The van der Waals surface area contributed by atoms with E-state index in [1.165, 1.54) is 0 Å². The van der Waals surface area contributed by atoms with E-state index in [1.54, 1.807) is 44.2 Å². The van der Waals surface area contributed by atoms with E-state index in [-0.39, 0.29) is 12.8 Å². The van der Waals surface area contributed by atoms with Gasteiger partial charge in [-0.05, 0) is 31.7 Å². The number of carbonyl (C=O) groups excluding carboxylic acids is 7. The second kappa shape index (κ2) is 24.0. The van der Waals surface area contributed by atoms with E-state index in [9.17, 15) is 68.7 Å². The number of aliphatic carboxylic acids is 2. The van der Waals surface area contributed by atoms with Gasteiger partial charge in [-0.3, -0.25) is 38.4 Å². The number of hydrogen-bond acceptors (Lipinski definition) is 13. The van der Waals surface area contributed by atoms with Crippen LogP contribution >= 0.6 is 0 Å². The number of hydrogen-bond donors (Lipinski definition) is 13. The molecule has 0 aliphatic carbocycles. The number of nitrogens with two attached hydrogens (primary N) is 2. The van der Waals surface area contributed by atoms with Crippen molar-refractivity contribution in [2.75, 3.05) is 6.61 Å². The first kappa shape index (κ1) is 49.3. The minimum absolute atomic E-state index is 0.199. The molecule has 7 amide bonds. The molecule has 0 saturated carbocycles. The van der Waals surface area contributed by atoms with Crippen molar-refractivity contribution in [1.82, 2.24) is 31.9 Å². The lowest BCUT2D eigenvalue weighted by atomic mass is 9.96. The van der Waals surface area contributed by atoms with E-state index >= 15 is 0 Å². The fraction of sp³-hybridized carbons (Fsp3) is 0.571. The highest BCUT2D eigenvalue weighted by molar-refractivity contribution is 5.98. The van der Waals surface area contributed by atoms with E-state index < -0.39 is 140 Å². The van der Waals surface area contributed by atoms with Crippen LogP contribution in [0.3, 0.4) is 0 Å². The topological polar surface area (TPSA) is 379 Å². The normalized spacial score (nSPS) is 16.3. The van der Waals surface area contributed by atoms with Gasteiger partial charge in [0.05, 0.1) is 25.2 Å². The summed E-state index contributed by atoms with van der Waals surface area (Å²) in [5.74, 6) is -11.1. The number of amides is 7. The van der Waals surface area contributed by atoms with Crippen LogP contribution in [0.25, 0.3) is 0 Å². The van der Waals surface area contributed by atoms with Gasteiger partial charge in [0.25, 0.3) is 0 Å². The highest BCUT2D eigenvalue weighted by atomic mass is 16.4. The Morgan fingerprint density at radius 3 is 1.61 bits per heavy atom. The van der Waals surface area contributed by atoms with Gasteiger partial charge in [0.1, 0.15) is 36.3 Å². The third-order valence-electron chi connectivity index (χ3n) is 8.68.